The SMILES string of the molecule is C=C(C)CCC(NCCC)c1snnc1CCC. The second-order valence-corrected chi connectivity index (χ2v) is 5.62. The second kappa shape index (κ2) is 8.38. The summed E-state index contributed by atoms with van der Waals surface area (Å²) >= 11 is 1.55. The fraction of sp³-hybridized carbons (Fsp3) is 0.714. The summed E-state index contributed by atoms with van der Waals surface area (Å²) in [6, 6.07) is 0.392. The topological polar surface area (TPSA) is 37.8 Å². The molecule has 0 aromatic carbocycles. The first kappa shape index (κ1) is 15.3. The van der Waals surface area contributed by atoms with Crippen LogP contribution in [0.25, 0.3) is 0 Å². The molecule has 4 heteroatoms. The highest BCUT2D eigenvalue weighted by Gasteiger charge is 2.18. The van der Waals surface area contributed by atoms with Gasteiger partial charge in [-0.25, -0.2) is 0 Å². The van der Waals surface area contributed by atoms with Crippen molar-refractivity contribution in [3.63, 3.8) is 0 Å². The molecule has 0 aliphatic heterocycles. The van der Waals surface area contributed by atoms with Gasteiger partial charge in [0.2, 0.25) is 0 Å². The van der Waals surface area contributed by atoms with Gasteiger partial charge in [-0.2, -0.15) is 0 Å². The molecule has 1 heterocycles. The highest BCUT2D eigenvalue weighted by atomic mass is 32.1. The van der Waals surface area contributed by atoms with E-state index in [9.17, 15) is 0 Å². The summed E-state index contributed by atoms with van der Waals surface area (Å²) in [7, 11) is 0. The molecule has 0 spiro atoms. The Morgan fingerprint density at radius 3 is 2.78 bits per heavy atom. The van der Waals surface area contributed by atoms with Crippen molar-refractivity contribution in [1.82, 2.24) is 14.9 Å². The molecule has 18 heavy (non-hydrogen) atoms. The summed E-state index contributed by atoms with van der Waals surface area (Å²) in [6.07, 6.45) is 5.46. The Bertz CT molecular complexity index is 360. The molecule has 1 aromatic rings. The molecule has 3 nitrogen and oxygen atoms in total. The molecule has 0 aliphatic carbocycles. The normalized spacial score (nSPS) is 12.6. The number of aryl methyl sites for hydroxylation is 1. The Morgan fingerprint density at radius 2 is 2.17 bits per heavy atom. The molecule has 0 amide bonds. The Hall–Kier alpha value is -0.740. The van der Waals surface area contributed by atoms with Crippen LogP contribution in [0, 0.1) is 0 Å². The Balaban J connectivity index is 2.72. The molecule has 1 N–H and O–H groups in total. The minimum Gasteiger partial charge on any atom is -0.309 e. The maximum Gasteiger partial charge on any atom is 0.0803 e. The first-order chi connectivity index (χ1) is 8.69. The van der Waals surface area contributed by atoms with Crippen LogP contribution in [0.15, 0.2) is 12.2 Å². The predicted molar refractivity (Wildman–Crippen MR) is 79.0 cm³/mol. The third-order valence-electron chi connectivity index (χ3n) is 2.89. The average Bonchev–Trinajstić information content (AvgIpc) is 2.78. The standard InChI is InChI=1S/C14H25N3S/c1-5-7-13-14(18-17-16-13)12(15-10-6-2)9-8-11(3)4/h12,15H,3,5-10H2,1-2,4H3. The van der Waals surface area contributed by atoms with E-state index in [0.717, 1.165) is 38.6 Å². The van der Waals surface area contributed by atoms with Crippen molar-refractivity contribution in [2.75, 3.05) is 6.54 Å². The van der Waals surface area contributed by atoms with Gasteiger partial charge in [0, 0.05) is 6.04 Å². The lowest BCUT2D eigenvalue weighted by Gasteiger charge is -2.17. The van der Waals surface area contributed by atoms with Gasteiger partial charge in [-0.05, 0) is 50.7 Å². The largest absolute Gasteiger partial charge is 0.309 e. The molecule has 0 radical (unpaired) electrons. The van der Waals surface area contributed by atoms with Crippen LogP contribution in [-0.2, 0) is 6.42 Å². The molecule has 0 aliphatic rings. The number of allylic oxidation sites excluding steroid dienone is 1. The third kappa shape index (κ3) is 4.86. The summed E-state index contributed by atoms with van der Waals surface area (Å²) in [5.41, 5.74) is 2.42. The fourth-order valence-corrected chi connectivity index (χ4v) is 2.73. The van der Waals surface area contributed by atoms with E-state index in [1.165, 1.54) is 16.1 Å². The summed E-state index contributed by atoms with van der Waals surface area (Å²) in [5, 5.41) is 7.88. The number of hydrogen-bond donors (Lipinski definition) is 1. The highest BCUT2D eigenvalue weighted by Crippen LogP contribution is 2.26. The zero-order chi connectivity index (χ0) is 13.4. The van der Waals surface area contributed by atoms with Gasteiger partial charge in [-0.15, -0.1) is 11.7 Å². The van der Waals surface area contributed by atoms with Gasteiger partial charge in [0.05, 0.1) is 10.6 Å². The number of rotatable bonds is 9. The molecule has 0 fully saturated rings. The van der Waals surface area contributed by atoms with Gasteiger partial charge in [-0.3, -0.25) is 0 Å². The predicted octanol–water partition coefficient (Wildman–Crippen LogP) is 3.89. The summed E-state index contributed by atoms with van der Waals surface area (Å²) in [6.45, 7) is 11.5. The van der Waals surface area contributed by atoms with Crippen molar-refractivity contribution >= 4 is 11.5 Å². The Kier molecular flexibility index (Phi) is 7.13. The van der Waals surface area contributed by atoms with Crippen LogP contribution in [0.5, 0.6) is 0 Å². The molecule has 1 aromatic heterocycles. The minimum atomic E-state index is 0.392. The van der Waals surface area contributed by atoms with E-state index in [4.69, 9.17) is 0 Å². The molecule has 0 bridgehead atoms. The molecule has 0 saturated heterocycles. The molecular weight excluding hydrogens is 242 g/mol. The third-order valence-corrected chi connectivity index (χ3v) is 3.77. The Morgan fingerprint density at radius 1 is 1.39 bits per heavy atom. The molecule has 1 atom stereocenters. The van der Waals surface area contributed by atoms with E-state index in [0.29, 0.717) is 6.04 Å². The summed E-state index contributed by atoms with van der Waals surface area (Å²) in [5.74, 6) is 0. The van der Waals surface area contributed by atoms with Crippen LogP contribution in [0.2, 0.25) is 0 Å². The van der Waals surface area contributed by atoms with E-state index in [2.05, 4.69) is 42.3 Å². The lowest BCUT2D eigenvalue weighted by atomic mass is 10.0. The maximum absolute atomic E-state index is 4.27. The van der Waals surface area contributed by atoms with Gasteiger partial charge < -0.3 is 5.32 Å². The molecular formula is C14H25N3S. The molecule has 0 saturated carbocycles. The number of nitrogens with one attached hydrogen (secondary N) is 1. The number of nitrogens with zero attached hydrogens (tertiary/aromatic N) is 2. The zero-order valence-corrected chi connectivity index (χ0v) is 12.6. The van der Waals surface area contributed by atoms with Crippen molar-refractivity contribution in [3.05, 3.63) is 22.7 Å². The van der Waals surface area contributed by atoms with Crippen molar-refractivity contribution < 1.29 is 0 Å². The van der Waals surface area contributed by atoms with Crippen molar-refractivity contribution in [2.24, 2.45) is 0 Å². The number of hydrogen-bond acceptors (Lipinski definition) is 4. The number of aromatic nitrogens is 2. The smallest absolute Gasteiger partial charge is 0.0803 e. The zero-order valence-electron chi connectivity index (χ0n) is 11.8. The molecule has 1 rings (SSSR count). The van der Waals surface area contributed by atoms with E-state index < -0.39 is 0 Å². The second-order valence-electron chi connectivity index (χ2n) is 4.84. The van der Waals surface area contributed by atoms with Gasteiger partial charge >= 0.3 is 0 Å². The maximum atomic E-state index is 4.27. The first-order valence-corrected chi connectivity index (χ1v) is 7.65. The Labute approximate surface area is 115 Å². The highest BCUT2D eigenvalue weighted by molar-refractivity contribution is 7.05. The fourth-order valence-electron chi connectivity index (χ4n) is 1.93. The van der Waals surface area contributed by atoms with Gasteiger partial charge in [-0.1, -0.05) is 30.3 Å². The minimum absolute atomic E-state index is 0.392. The van der Waals surface area contributed by atoms with Crippen LogP contribution < -0.4 is 5.32 Å². The average molecular weight is 267 g/mol. The first-order valence-electron chi connectivity index (χ1n) is 6.87. The summed E-state index contributed by atoms with van der Waals surface area (Å²) < 4.78 is 4.13. The van der Waals surface area contributed by atoms with E-state index in [1.807, 2.05) is 0 Å². The quantitative estimate of drug-likeness (QED) is 0.690. The van der Waals surface area contributed by atoms with Crippen LogP contribution >= 0.6 is 11.5 Å². The van der Waals surface area contributed by atoms with E-state index in [1.54, 1.807) is 11.5 Å². The molecule has 102 valence electrons. The van der Waals surface area contributed by atoms with Crippen LogP contribution in [0.1, 0.15) is 63.1 Å². The van der Waals surface area contributed by atoms with Crippen LogP contribution in [-0.4, -0.2) is 16.1 Å². The van der Waals surface area contributed by atoms with E-state index >= 15 is 0 Å². The monoisotopic (exact) mass is 267 g/mol. The van der Waals surface area contributed by atoms with Gasteiger partial charge in [0.15, 0.2) is 0 Å². The molecule has 1 unspecified atom stereocenters. The van der Waals surface area contributed by atoms with Crippen molar-refractivity contribution in [3.8, 4) is 0 Å². The van der Waals surface area contributed by atoms with E-state index in [-0.39, 0.29) is 0 Å². The lowest BCUT2D eigenvalue weighted by Crippen LogP contribution is -2.22. The lowest BCUT2D eigenvalue weighted by molar-refractivity contribution is 0.501. The van der Waals surface area contributed by atoms with Crippen LogP contribution in [0.4, 0.5) is 0 Å². The van der Waals surface area contributed by atoms with Crippen molar-refractivity contribution in [1.29, 1.82) is 0 Å². The van der Waals surface area contributed by atoms with Crippen LogP contribution in [0.3, 0.4) is 0 Å². The van der Waals surface area contributed by atoms with Gasteiger partial charge in [0.25, 0.3) is 0 Å². The summed E-state index contributed by atoms with van der Waals surface area (Å²) in [4.78, 5) is 1.33. The van der Waals surface area contributed by atoms with Crippen molar-refractivity contribution in [2.45, 2.75) is 58.9 Å². The van der Waals surface area contributed by atoms with Gasteiger partial charge in [0.1, 0.15) is 0 Å².